The molecule has 0 spiro atoms. The van der Waals surface area contributed by atoms with E-state index in [0.717, 1.165) is 16.7 Å². The summed E-state index contributed by atoms with van der Waals surface area (Å²) < 4.78 is 23.1. The van der Waals surface area contributed by atoms with Crippen LogP contribution in [0.5, 0.6) is 0 Å². The van der Waals surface area contributed by atoms with Gasteiger partial charge in [-0.25, -0.2) is 8.42 Å². The normalized spacial score (nSPS) is 18.0. The molecule has 0 aliphatic carbocycles. The van der Waals surface area contributed by atoms with Gasteiger partial charge < -0.3 is 5.32 Å². The predicted octanol–water partition coefficient (Wildman–Crippen LogP) is 4.16. The molecule has 0 radical (unpaired) electrons. The van der Waals surface area contributed by atoms with Crippen LogP contribution in [0.1, 0.15) is 22.6 Å². The number of halogens is 3. The van der Waals surface area contributed by atoms with Crippen molar-refractivity contribution in [2.75, 3.05) is 6.54 Å². The Morgan fingerprint density at radius 2 is 1.91 bits per heavy atom. The van der Waals surface area contributed by atoms with Crippen LogP contribution in [0.2, 0.25) is 10.0 Å². The van der Waals surface area contributed by atoms with Gasteiger partial charge in [0.1, 0.15) is 0 Å². The minimum absolute atomic E-state index is 0.0293. The molecule has 0 amide bonds. The maximum Gasteiger partial charge on any atom is 0.261 e. The first-order valence-corrected chi connectivity index (χ1v) is 9.66. The van der Waals surface area contributed by atoms with E-state index < -0.39 is 9.05 Å². The van der Waals surface area contributed by atoms with Gasteiger partial charge in [0.05, 0.1) is 4.90 Å². The topological polar surface area (TPSA) is 46.2 Å². The van der Waals surface area contributed by atoms with Gasteiger partial charge in [0.2, 0.25) is 0 Å². The Morgan fingerprint density at radius 3 is 2.64 bits per heavy atom. The largest absolute Gasteiger partial charge is 0.312 e. The van der Waals surface area contributed by atoms with E-state index in [-0.39, 0.29) is 10.8 Å². The lowest BCUT2D eigenvalue weighted by atomic mass is 9.85. The van der Waals surface area contributed by atoms with Crippen LogP contribution in [0.3, 0.4) is 0 Å². The molecule has 1 N–H and O–H groups in total. The van der Waals surface area contributed by atoms with Gasteiger partial charge >= 0.3 is 0 Å². The minimum Gasteiger partial charge on any atom is -0.312 e. The van der Waals surface area contributed by atoms with Crippen LogP contribution < -0.4 is 5.32 Å². The summed E-state index contributed by atoms with van der Waals surface area (Å²) in [6, 6.07) is 10.2. The summed E-state index contributed by atoms with van der Waals surface area (Å²) in [5.74, 6) is -0.0293. The van der Waals surface area contributed by atoms with Crippen LogP contribution in [0.4, 0.5) is 0 Å². The number of rotatable bonds is 2. The van der Waals surface area contributed by atoms with E-state index in [2.05, 4.69) is 5.32 Å². The molecule has 0 saturated heterocycles. The zero-order valence-corrected chi connectivity index (χ0v) is 14.4. The first kappa shape index (κ1) is 16.1. The Hall–Kier alpha value is -0.780. The van der Waals surface area contributed by atoms with E-state index in [9.17, 15) is 8.42 Å². The van der Waals surface area contributed by atoms with Crippen LogP contribution in [0.15, 0.2) is 41.3 Å². The molecule has 116 valence electrons. The molecule has 3 rings (SSSR count). The van der Waals surface area contributed by atoms with Crippen molar-refractivity contribution in [3.8, 4) is 0 Å². The van der Waals surface area contributed by atoms with E-state index in [1.807, 2.05) is 12.1 Å². The van der Waals surface area contributed by atoms with Crippen molar-refractivity contribution < 1.29 is 8.42 Å². The third-order valence-corrected chi connectivity index (χ3v) is 5.67. The highest BCUT2D eigenvalue weighted by molar-refractivity contribution is 8.13. The Balaban J connectivity index is 2.12. The number of fused-ring (bicyclic) bond motifs is 1. The molecule has 0 aromatic heterocycles. The van der Waals surface area contributed by atoms with Crippen LogP contribution in [0.25, 0.3) is 0 Å². The molecule has 1 heterocycles. The second kappa shape index (κ2) is 6.02. The Morgan fingerprint density at radius 1 is 1.14 bits per heavy atom. The lowest BCUT2D eigenvalue weighted by Crippen LogP contribution is -2.29. The second-order valence-electron chi connectivity index (χ2n) is 5.15. The van der Waals surface area contributed by atoms with Gasteiger partial charge in [-0.05, 0) is 41.0 Å². The van der Waals surface area contributed by atoms with E-state index in [0.29, 0.717) is 23.1 Å². The van der Waals surface area contributed by atoms with Crippen molar-refractivity contribution in [2.24, 2.45) is 0 Å². The molecule has 3 nitrogen and oxygen atoms in total. The average Bonchev–Trinajstić information content (AvgIpc) is 2.46. The zero-order chi connectivity index (χ0) is 15.9. The summed E-state index contributed by atoms with van der Waals surface area (Å²) in [5, 5.41) is 4.48. The fraction of sp³-hybridized carbons (Fsp3) is 0.200. The summed E-state index contributed by atoms with van der Waals surface area (Å²) in [4.78, 5) is 0.0897. The van der Waals surface area contributed by atoms with Crippen LogP contribution >= 0.6 is 33.9 Å². The van der Waals surface area contributed by atoms with Gasteiger partial charge in [0, 0.05) is 39.7 Å². The first-order valence-electron chi connectivity index (χ1n) is 6.59. The molecule has 0 saturated carbocycles. The molecule has 0 unspecified atom stereocenters. The van der Waals surface area contributed by atoms with Gasteiger partial charge in [-0.2, -0.15) is 0 Å². The second-order valence-corrected chi connectivity index (χ2v) is 8.56. The monoisotopic (exact) mass is 375 g/mol. The van der Waals surface area contributed by atoms with Crippen LogP contribution in [0, 0.1) is 0 Å². The molecular weight excluding hydrogens is 365 g/mol. The van der Waals surface area contributed by atoms with Crippen molar-refractivity contribution in [3.63, 3.8) is 0 Å². The van der Waals surface area contributed by atoms with Crippen LogP contribution in [-0.4, -0.2) is 15.0 Å². The lowest BCUT2D eigenvalue weighted by molar-refractivity contribution is 0.589. The minimum atomic E-state index is -3.76. The average molecular weight is 377 g/mol. The number of hydrogen-bond donors (Lipinski definition) is 1. The third-order valence-electron chi connectivity index (χ3n) is 3.76. The third kappa shape index (κ3) is 3.12. The molecule has 1 aliphatic rings. The molecule has 0 fully saturated rings. The smallest absolute Gasteiger partial charge is 0.261 e. The quantitative estimate of drug-likeness (QED) is 0.801. The molecule has 22 heavy (non-hydrogen) atoms. The maximum absolute atomic E-state index is 11.5. The summed E-state index contributed by atoms with van der Waals surface area (Å²) >= 11 is 12.4. The summed E-state index contributed by atoms with van der Waals surface area (Å²) in [6.45, 7) is 1.34. The van der Waals surface area contributed by atoms with Gasteiger partial charge in [-0.15, -0.1) is 0 Å². The highest BCUT2D eigenvalue weighted by Gasteiger charge is 2.25. The van der Waals surface area contributed by atoms with E-state index in [1.165, 1.54) is 6.07 Å². The highest BCUT2D eigenvalue weighted by atomic mass is 35.7. The van der Waals surface area contributed by atoms with E-state index >= 15 is 0 Å². The Labute approximate surface area is 143 Å². The maximum atomic E-state index is 11.5. The number of hydrogen-bond acceptors (Lipinski definition) is 3. The summed E-state index contributed by atoms with van der Waals surface area (Å²) in [5.41, 5.74) is 2.86. The number of nitrogens with one attached hydrogen (secondary N) is 1. The summed E-state index contributed by atoms with van der Waals surface area (Å²) in [6.07, 6.45) is 0. The van der Waals surface area contributed by atoms with Crippen LogP contribution in [-0.2, 0) is 15.6 Å². The molecule has 1 aliphatic heterocycles. The number of benzene rings is 2. The lowest BCUT2D eigenvalue weighted by Gasteiger charge is -2.28. The van der Waals surface area contributed by atoms with Gasteiger partial charge in [-0.3, -0.25) is 0 Å². The molecule has 2 aromatic carbocycles. The Bertz CT molecular complexity index is 837. The SMILES string of the molecule is O=S(=O)(Cl)c1cccc([C@@H]2CNCc3c(Cl)cc(Cl)cc32)c1. The van der Waals surface area contributed by atoms with E-state index in [4.69, 9.17) is 33.9 Å². The molecular formula is C15H12Cl3NO2S. The Kier molecular flexibility index (Phi) is 4.40. The van der Waals surface area contributed by atoms with Crippen molar-refractivity contribution in [1.29, 1.82) is 0 Å². The zero-order valence-electron chi connectivity index (χ0n) is 11.3. The fourth-order valence-electron chi connectivity index (χ4n) is 2.75. The highest BCUT2D eigenvalue weighted by Crippen LogP contribution is 2.36. The van der Waals surface area contributed by atoms with Gasteiger partial charge in [-0.1, -0.05) is 35.3 Å². The molecule has 2 aromatic rings. The van der Waals surface area contributed by atoms with Crippen molar-refractivity contribution in [2.45, 2.75) is 17.4 Å². The standard InChI is InChI=1S/C15H12Cl3NO2S/c16-10-5-12-13(7-19-8-14(12)15(17)6-10)9-2-1-3-11(4-9)22(18,20)21/h1-6,13,19H,7-8H2/t13-/m0/s1. The first-order chi connectivity index (χ1) is 10.4. The van der Waals surface area contributed by atoms with Gasteiger partial charge in [0.15, 0.2) is 0 Å². The molecule has 0 bridgehead atoms. The van der Waals surface area contributed by atoms with Crippen molar-refractivity contribution >= 4 is 42.9 Å². The molecule has 1 atom stereocenters. The van der Waals surface area contributed by atoms with Crippen molar-refractivity contribution in [1.82, 2.24) is 5.32 Å². The van der Waals surface area contributed by atoms with Crippen molar-refractivity contribution in [3.05, 3.63) is 63.1 Å². The molecule has 7 heteroatoms. The van der Waals surface area contributed by atoms with Gasteiger partial charge in [0.25, 0.3) is 9.05 Å². The summed E-state index contributed by atoms with van der Waals surface area (Å²) in [7, 11) is 1.68. The fourth-order valence-corrected chi connectivity index (χ4v) is 4.13. The predicted molar refractivity (Wildman–Crippen MR) is 89.5 cm³/mol. The van der Waals surface area contributed by atoms with E-state index in [1.54, 1.807) is 18.2 Å².